The Morgan fingerprint density at radius 1 is 0.958 bits per heavy atom. The van der Waals surface area contributed by atoms with Gasteiger partial charge in [-0.2, -0.15) is 0 Å². The van der Waals surface area contributed by atoms with Crippen molar-refractivity contribution in [1.82, 2.24) is 4.98 Å². The van der Waals surface area contributed by atoms with Gasteiger partial charge in [-0.25, -0.2) is 4.98 Å². The highest BCUT2D eigenvalue weighted by molar-refractivity contribution is 6.50. The van der Waals surface area contributed by atoms with Gasteiger partial charge in [-0.05, 0) is 24.3 Å². The van der Waals surface area contributed by atoms with Gasteiger partial charge in [0.2, 0.25) is 0 Å². The summed E-state index contributed by atoms with van der Waals surface area (Å²) in [6.45, 7) is 0. The van der Waals surface area contributed by atoms with Crippen molar-refractivity contribution in [1.29, 1.82) is 0 Å². The Morgan fingerprint density at radius 2 is 1.58 bits per heavy atom. The number of nitrogens with zero attached hydrogens (tertiary/aromatic N) is 1. The predicted octanol–water partition coefficient (Wildman–Crippen LogP) is 5.97. The molecular formula is C14H8Cl4F3NO2. The number of halogens is 7. The third-order valence-electron chi connectivity index (χ3n) is 2.79. The lowest BCUT2D eigenvalue weighted by Crippen LogP contribution is -2.19. The quantitative estimate of drug-likeness (QED) is 0.450. The van der Waals surface area contributed by atoms with E-state index in [1.54, 1.807) is 0 Å². The normalized spacial score (nSPS) is 12.2. The average Bonchev–Trinajstić information content (AvgIpc) is 2.44. The molecule has 0 aliphatic heterocycles. The van der Waals surface area contributed by atoms with Gasteiger partial charge in [0.15, 0.2) is 4.33 Å². The van der Waals surface area contributed by atoms with Gasteiger partial charge in [-0.15, -0.1) is 13.2 Å². The van der Waals surface area contributed by atoms with Crippen molar-refractivity contribution in [2.24, 2.45) is 0 Å². The molecule has 2 aromatic rings. The Hall–Kier alpha value is -1.08. The van der Waals surface area contributed by atoms with Crippen molar-refractivity contribution < 1.29 is 22.6 Å². The zero-order chi connectivity index (χ0) is 18.1. The second-order valence-electron chi connectivity index (χ2n) is 4.51. The SMILES string of the molecule is COc1cc(OC(F)(F)F)cc(C(Cl)(Cl)c2cc(Cl)cc(Cl)n2)c1. The zero-order valence-electron chi connectivity index (χ0n) is 11.8. The van der Waals surface area contributed by atoms with Crippen LogP contribution in [0.25, 0.3) is 0 Å². The standard InChI is InChI=1S/C14H8Cl4F3NO2/c1-23-9-2-7(3-10(6-9)24-14(19,20)21)13(17,18)11-4-8(15)5-12(16)22-11/h2-6H,1H3. The number of benzene rings is 1. The van der Waals surface area contributed by atoms with Gasteiger partial charge < -0.3 is 9.47 Å². The molecule has 3 nitrogen and oxygen atoms in total. The number of aromatic nitrogens is 1. The van der Waals surface area contributed by atoms with E-state index in [2.05, 4.69) is 9.72 Å². The van der Waals surface area contributed by atoms with Crippen LogP contribution in [0.1, 0.15) is 11.3 Å². The van der Waals surface area contributed by atoms with E-state index >= 15 is 0 Å². The van der Waals surface area contributed by atoms with Crippen LogP contribution in [0.4, 0.5) is 13.2 Å². The molecule has 24 heavy (non-hydrogen) atoms. The first kappa shape index (κ1) is 19.2. The van der Waals surface area contributed by atoms with Crippen LogP contribution in [0.2, 0.25) is 10.2 Å². The number of hydrogen-bond acceptors (Lipinski definition) is 3. The highest BCUT2D eigenvalue weighted by Crippen LogP contribution is 2.44. The molecule has 0 unspecified atom stereocenters. The fourth-order valence-electron chi connectivity index (χ4n) is 1.84. The second kappa shape index (κ2) is 7.04. The molecule has 10 heteroatoms. The molecule has 0 bridgehead atoms. The fourth-order valence-corrected chi connectivity index (χ4v) is 2.72. The molecule has 0 N–H and O–H groups in total. The minimum atomic E-state index is -4.89. The lowest BCUT2D eigenvalue weighted by molar-refractivity contribution is -0.274. The summed E-state index contributed by atoms with van der Waals surface area (Å²) in [6.07, 6.45) is -4.89. The maximum atomic E-state index is 12.5. The molecule has 2 rings (SSSR count). The second-order valence-corrected chi connectivity index (χ2v) is 6.66. The lowest BCUT2D eigenvalue weighted by atomic mass is 10.1. The Labute approximate surface area is 155 Å². The summed E-state index contributed by atoms with van der Waals surface area (Å²) in [5, 5.41) is 0.239. The summed E-state index contributed by atoms with van der Waals surface area (Å²) in [5.74, 6) is -0.485. The Balaban J connectivity index is 2.54. The van der Waals surface area contributed by atoms with Gasteiger partial charge in [0.1, 0.15) is 16.7 Å². The molecule has 0 atom stereocenters. The van der Waals surface area contributed by atoms with Crippen LogP contribution < -0.4 is 9.47 Å². The molecule has 0 saturated heterocycles. The molecule has 130 valence electrons. The van der Waals surface area contributed by atoms with Gasteiger partial charge in [-0.3, -0.25) is 0 Å². The molecule has 0 saturated carbocycles. The van der Waals surface area contributed by atoms with Crippen LogP contribution in [-0.4, -0.2) is 18.5 Å². The number of ether oxygens (including phenoxy) is 2. The first-order valence-electron chi connectivity index (χ1n) is 6.18. The minimum Gasteiger partial charge on any atom is -0.497 e. The van der Waals surface area contributed by atoms with Gasteiger partial charge in [0.25, 0.3) is 0 Å². The van der Waals surface area contributed by atoms with Crippen LogP contribution in [0.5, 0.6) is 11.5 Å². The van der Waals surface area contributed by atoms with Crippen molar-refractivity contribution in [2.45, 2.75) is 10.7 Å². The first-order valence-corrected chi connectivity index (χ1v) is 7.69. The lowest BCUT2D eigenvalue weighted by Gasteiger charge is -2.22. The highest BCUT2D eigenvalue weighted by Gasteiger charge is 2.35. The third kappa shape index (κ3) is 4.72. The van der Waals surface area contributed by atoms with E-state index in [9.17, 15) is 13.2 Å². The highest BCUT2D eigenvalue weighted by atomic mass is 35.5. The molecule has 1 aromatic heterocycles. The van der Waals surface area contributed by atoms with E-state index in [4.69, 9.17) is 51.1 Å². The Kier molecular flexibility index (Phi) is 5.64. The van der Waals surface area contributed by atoms with Crippen molar-refractivity contribution >= 4 is 46.4 Å². The summed E-state index contributed by atoms with van der Waals surface area (Å²) in [5.41, 5.74) is 0.0739. The average molecular weight is 421 g/mol. The van der Waals surface area contributed by atoms with Crippen molar-refractivity contribution in [3.8, 4) is 11.5 Å². The molecule has 0 amide bonds. The summed E-state index contributed by atoms with van der Waals surface area (Å²) in [6, 6.07) is 6.11. The van der Waals surface area contributed by atoms with Gasteiger partial charge in [0.05, 0.1) is 12.8 Å². The molecule has 1 heterocycles. The molecular weight excluding hydrogens is 413 g/mol. The first-order chi connectivity index (χ1) is 11.0. The van der Waals surface area contributed by atoms with Crippen LogP contribution in [-0.2, 0) is 4.33 Å². The molecule has 0 spiro atoms. The topological polar surface area (TPSA) is 31.4 Å². The summed E-state index contributed by atoms with van der Waals surface area (Å²) >= 11 is 24.3. The van der Waals surface area contributed by atoms with E-state index in [1.165, 1.54) is 25.3 Å². The summed E-state index contributed by atoms with van der Waals surface area (Å²) in [7, 11) is 1.27. The number of pyridine rings is 1. The molecule has 0 aliphatic rings. The van der Waals surface area contributed by atoms with E-state index in [0.29, 0.717) is 0 Å². The number of hydrogen-bond donors (Lipinski definition) is 0. The van der Waals surface area contributed by atoms with E-state index in [0.717, 1.165) is 12.1 Å². The summed E-state index contributed by atoms with van der Waals surface area (Å²) < 4.78 is 44.4. The van der Waals surface area contributed by atoms with Gasteiger partial charge >= 0.3 is 6.36 Å². The van der Waals surface area contributed by atoms with Crippen LogP contribution in [0.3, 0.4) is 0 Å². The molecule has 0 radical (unpaired) electrons. The minimum absolute atomic E-state index is 0.0258. The molecule has 0 fully saturated rings. The monoisotopic (exact) mass is 419 g/mol. The Morgan fingerprint density at radius 3 is 2.12 bits per heavy atom. The van der Waals surface area contributed by atoms with Crippen molar-refractivity contribution in [3.63, 3.8) is 0 Å². The maximum Gasteiger partial charge on any atom is 0.573 e. The number of alkyl halides is 5. The van der Waals surface area contributed by atoms with Crippen LogP contribution in [0, 0.1) is 0 Å². The van der Waals surface area contributed by atoms with E-state index in [1.807, 2.05) is 0 Å². The van der Waals surface area contributed by atoms with Crippen molar-refractivity contribution in [3.05, 3.63) is 51.8 Å². The molecule has 1 aromatic carbocycles. The summed E-state index contributed by atoms with van der Waals surface area (Å²) in [4.78, 5) is 3.96. The smallest absolute Gasteiger partial charge is 0.497 e. The van der Waals surface area contributed by atoms with Crippen LogP contribution >= 0.6 is 46.4 Å². The van der Waals surface area contributed by atoms with Gasteiger partial charge in [-0.1, -0.05) is 46.4 Å². The van der Waals surface area contributed by atoms with Crippen molar-refractivity contribution in [2.75, 3.05) is 7.11 Å². The predicted molar refractivity (Wildman–Crippen MR) is 86.4 cm³/mol. The number of methoxy groups -OCH3 is 1. The zero-order valence-corrected chi connectivity index (χ0v) is 14.8. The largest absolute Gasteiger partial charge is 0.573 e. The van der Waals surface area contributed by atoms with Crippen LogP contribution in [0.15, 0.2) is 30.3 Å². The Bertz CT molecular complexity index is 733. The third-order valence-corrected chi connectivity index (χ3v) is 4.03. The fraction of sp³-hybridized carbons (Fsp3) is 0.214. The number of rotatable bonds is 4. The maximum absolute atomic E-state index is 12.5. The van der Waals surface area contributed by atoms with E-state index in [-0.39, 0.29) is 27.2 Å². The molecule has 0 aliphatic carbocycles. The van der Waals surface area contributed by atoms with Gasteiger partial charge in [0, 0.05) is 16.7 Å². The van der Waals surface area contributed by atoms with E-state index < -0.39 is 16.4 Å².